The second-order valence-corrected chi connectivity index (χ2v) is 10.7. The van der Waals surface area contributed by atoms with E-state index in [1.54, 1.807) is 22.8 Å². The van der Waals surface area contributed by atoms with Crippen LogP contribution in [-0.4, -0.2) is 16.1 Å². The van der Waals surface area contributed by atoms with E-state index in [0.29, 0.717) is 21.5 Å². The predicted octanol–water partition coefficient (Wildman–Crippen LogP) is 5.41. The van der Waals surface area contributed by atoms with Crippen molar-refractivity contribution in [2.24, 2.45) is 4.99 Å². The topological polar surface area (TPSA) is 86.7 Å². The molecule has 0 fully saturated rings. The summed E-state index contributed by atoms with van der Waals surface area (Å²) < 4.78 is 7.91. The minimum Gasteiger partial charge on any atom is -0.487 e. The van der Waals surface area contributed by atoms with Gasteiger partial charge in [-0.25, -0.2) is 4.99 Å². The Bertz CT molecular complexity index is 1790. The van der Waals surface area contributed by atoms with Gasteiger partial charge in [0.15, 0.2) is 10.6 Å². The van der Waals surface area contributed by atoms with Crippen LogP contribution in [0, 0.1) is 10.1 Å². The molecular formula is C31H27N3O4S. The lowest BCUT2D eigenvalue weighted by atomic mass is 9.83. The Labute approximate surface area is 229 Å². The molecule has 0 saturated carbocycles. The maximum Gasteiger partial charge on any atom is 0.311 e. The number of rotatable bonds is 7. The van der Waals surface area contributed by atoms with Crippen LogP contribution < -0.4 is 19.6 Å². The second kappa shape index (κ2) is 10.5. The van der Waals surface area contributed by atoms with Crippen molar-refractivity contribution in [1.29, 1.82) is 0 Å². The van der Waals surface area contributed by atoms with Crippen molar-refractivity contribution in [3.05, 3.63) is 130 Å². The third-order valence-electron chi connectivity index (χ3n) is 7.22. The molecule has 196 valence electrons. The zero-order valence-corrected chi connectivity index (χ0v) is 22.3. The van der Waals surface area contributed by atoms with Crippen LogP contribution in [0.15, 0.2) is 88.2 Å². The second-order valence-electron chi connectivity index (χ2n) is 9.71. The largest absolute Gasteiger partial charge is 0.487 e. The Morgan fingerprint density at radius 1 is 1.10 bits per heavy atom. The maximum atomic E-state index is 13.9. The highest BCUT2D eigenvalue weighted by atomic mass is 32.1. The van der Waals surface area contributed by atoms with Gasteiger partial charge in [-0.15, -0.1) is 0 Å². The van der Waals surface area contributed by atoms with E-state index in [4.69, 9.17) is 9.73 Å². The highest BCUT2D eigenvalue weighted by Gasteiger charge is 2.32. The van der Waals surface area contributed by atoms with Crippen LogP contribution in [-0.2, 0) is 6.42 Å². The molecule has 0 unspecified atom stereocenters. The van der Waals surface area contributed by atoms with Crippen LogP contribution in [0.5, 0.6) is 5.75 Å². The van der Waals surface area contributed by atoms with Gasteiger partial charge >= 0.3 is 5.69 Å². The fraction of sp³-hybridized carbons (Fsp3) is 0.226. The van der Waals surface area contributed by atoms with Gasteiger partial charge in [0, 0.05) is 11.6 Å². The summed E-state index contributed by atoms with van der Waals surface area (Å²) in [6.45, 7) is 2.46. The fourth-order valence-electron chi connectivity index (χ4n) is 5.32. The standard InChI is InChI=1S/C31H27N3O4S/c1-2-3-17-38-26-16-13-20(18-25(26)34(36)37)19-27-30(35)33-29(22-10-5-4-6-11-22)24-15-14-21-9-7-8-12-23(21)28(24)32-31(33)39-27/h4-13,16,18-19,29H,2-3,14-15,17H2,1H3/b27-19-/t29-/m0/s1. The van der Waals surface area contributed by atoms with Crippen LogP contribution in [0.4, 0.5) is 5.69 Å². The van der Waals surface area contributed by atoms with E-state index in [9.17, 15) is 14.9 Å². The Morgan fingerprint density at radius 3 is 2.69 bits per heavy atom. The van der Waals surface area contributed by atoms with Gasteiger partial charge in [0.1, 0.15) is 0 Å². The lowest BCUT2D eigenvalue weighted by Gasteiger charge is -2.30. The minimum atomic E-state index is -0.443. The van der Waals surface area contributed by atoms with Crippen molar-refractivity contribution in [1.82, 2.24) is 4.57 Å². The van der Waals surface area contributed by atoms with E-state index in [1.165, 1.54) is 23.0 Å². The van der Waals surface area contributed by atoms with Crippen molar-refractivity contribution >= 4 is 28.8 Å². The van der Waals surface area contributed by atoms with Crippen LogP contribution in [0.2, 0.25) is 0 Å². The molecule has 2 heterocycles. The molecule has 1 aromatic heterocycles. The first-order chi connectivity index (χ1) is 19.0. The molecule has 0 saturated heterocycles. The SMILES string of the molecule is CCCCOc1ccc(/C=c2\sc3n(c2=O)[C@@H](c2ccccc2)C2=C(N=3)c3ccccc3CC2)cc1[N+](=O)[O-]. The zero-order valence-electron chi connectivity index (χ0n) is 21.5. The molecule has 4 aromatic rings. The Balaban J connectivity index is 1.50. The van der Waals surface area contributed by atoms with E-state index in [1.807, 2.05) is 31.2 Å². The molecule has 0 radical (unpaired) electrons. The van der Waals surface area contributed by atoms with Crippen LogP contribution in [0.25, 0.3) is 11.8 Å². The molecule has 6 rings (SSSR count). The molecule has 7 nitrogen and oxygen atoms in total. The van der Waals surface area contributed by atoms with Crippen LogP contribution in [0.1, 0.15) is 54.5 Å². The van der Waals surface area contributed by atoms with Gasteiger partial charge in [-0.2, -0.15) is 0 Å². The van der Waals surface area contributed by atoms with Gasteiger partial charge in [-0.1, -0.05) is 85.3 Å². The number of thiazole rings is 1. The number of nitro groups is 1. The molecule has 0 spiro atoms. The summed E-state index contributed by atoms with van der Waals surface area (Å²) in [6, 6.07) is 23.0. The highest BCUT2D eigenvalue weighted by molar-refractivity contribution is 7.07. The first kappa shape index (κ1) is 25.0. The molecule has 8 heteroatoms. The fourth-order valence-corrected chi connectivity index (χ4v) is 6.33. The van der Waals surface area contributed by atoms with Gasteiger partial charge in [-0.05, 0) is 53.7 Å². The molecular weight excluding hydrogens is 510 g/mol. The number of hydrogen-bond donors (Lipinski definition) is 0. The van der Waals surface area contributed by atoms with E-state index >= 15 is 0 Å². The molecule has 0 N–H and O–H groups in total. The molecule has 39 heavy (non-hydrogen) atoms. The quantitative estimate of drug-likeness (QED) is 0.179. The number of unbranched alkanes of at least 4 members (excludes halogenated alkanes) is 1. The van der Waals surface area contributed by atoms with Gasteiger partial charge < -0.3 is 4.74 Å². The van der Waals surface area contributed by atoms with E-state index in [2.05, 4.69) is 30.3 Å². The monoisotopic (exact) mass is 537 g/mol. The molecule has 1 atom stereocenters. The van der Waals surface area contributed by atoms with Crippen molar-refractivity contribution in [2.75, 3.05) is 6.61 Å². The molecule has 1 aliphatic carbocycles. The first-order valence-corrected chi connectivity index (χ1v) is 14.0. The average Bonchev–Trinajstić information content (AvgIpc) is 3.27. The molecule has 2 aliphatic rings. The van der Waals surface area contributed by atoms with Gasteiger partial charge in [0.05, 0.1) is 27.8 Å². The third kappa shape index (κ3) is 4.61. The first-order valence-electron chi connectivity index (χ1n) is 13.1. The minimum absolute atomic E-state index is 0.109. The van der Waals surface area contributed by atoms with E-state index in [-0.39, 0.29) is 23.0 Å². The van der Waals surface area contributed by atoms with Crippen LogP contribution >= 0.6 is 11.3 Å². The highest BCUT2D eigenvalue weighted by Crippen LogP contribution is 2.41. The summed E-state index contributed by atoms with van der Waals surface area (Å²) in [5.74, 6) is 0.238. The number of nitrogens with zero attached hydrogens (tertiary/aromatic N) is 3. The summed E-state index contributed by atoms with van der Waals surface area (Å²) in [6.07, 6.45) is 5.19. The number of allylic oxidation sites excluding steroid dienone is 1. The average molecular weight is 538 g/mol. The van der Waals surface area contributed by atoms with Crippen LogP contribution in [0.3, 0.4) is 0 Å². The Hall–Kier alpha value is -4.30. The van der Waals surface area contributed by atoms with Crippen molar-refractivity contribution in [3.63, 3.8) is 0 Å². The summed E-state index contributed by atoms with van der Waals surface area (Å²) in [4.78, 5) is 30.8. The molecule has 0 amide bonds. The number of aryl methyl sites for hydroxylation is 1. The predicted molar refractivity (Wildman–Crippen MR) is 153 cm³/mol. The summed E-state index contributed by atoms with van der Waals surface area (Å²) in [5, 5.41) is 11.8. The van der Waals surface area contributed by atoms with Gasteiger partial charge in [0.2, 0.25) is 0 Å². The number of benzene rings is 3. The van der Waals surface area contributed by atoms with Gasteiger partial charge in [0.25, 0.3) is 5.56 Å². The van der Waals surface area contributed by atoms with Crippen molar-refractivity contribution in [3.8, 4) is 5.75 Å². The number of hydrogen-bond acceptors (Lipinski definition) is 6. The number of fused-ring (bicyclic) bond motifs is 3. The number of nitro benzene ring substituents is 1. The van der Waals surface area contributed by atoms with Crippen molar-refractivity contribution < 1.29 is 9.66 Å². The summed E-state index contributed by atoms with van der Waals surface area (Å²) in [5.41, 5.74) is 5.82. The lowest BCUT2D eigenvalue weighted by molar-refractivity contribution is -0.385. The number of aromatic nitrogens is 1. The van der Waals surface area contributed by atoms with E-state index < -0.39 is 4.92 Å². The molecule has 3 aromatic carbocycles. The van der Waals surface area contributed by atoms with Gasteiger partial charge in [-0.3, -0.25) is 19.5 Å². The molecule has 1 aliphatic heterocycles. The Morgan fingerprint density at radius 2 is 1.90 bits per heavy atom. The van der Waals surface area contributed by atoms with Crippen molar-refractivity contribution in [2.45, 2.75) is 38.6 Å². The summed E-state index contributed by atoms with van der Waals surface area (Å²) in [7, 11) is 0. The lowest BCUT2D eigenvalue weighted by Crippen LogP contribution is -2.38. The molecule has 0 bridgehead atoms. The smallest absolute Gasteiger partial charge is 0.311 e. The summed E-state index contributed by atoms with van der Waals surface area (Å²) >= 11 is 1.31. The Kier molecular flexibility index (Phi) is 6.70. The third-order valence-corrected chi connectivity index (χ3v) is 8.20. The normalized spacial score (nSPS) is 16.2. The maximum absolute atomic E-state index is 13.9. The number of ether oxygens (including phenoxy) is 1. The zero-order chi connectivity index (χ0) is 26.9. The van der Waals surface area contributed by atoms with E-state index in [0.717, 1.165) is 48.1 Å².